The zero-order valence-electron chi connectivity index (χ0n) is 18.2. The summed E-state index contributed by atoms with van der Waals surface area (Å²) in [6.07, 6.45) is 0.794. The second kappa shape index (κ2) is 8.69. The molecule has 2 aromatic carbocycles. The molecule has 0 saturated heterocycles. The maximum atomic E-state index is 13.3. The zero-order valence-corrected chi connectivity index (χ0v) is 18.2. The number of rotatable bonds is 6. The molecule has 0 aliphatic carbocycles. The molecule has 0 aliphatic heterocycles. The number of nitrogens with zero attached hydrogens (tertiary/aromatic N) is 2. The third-order valence-corrected chi connectivity index (χ3v) is 5.44. The summed E-state index contributed by atoms with van der Waals surface area (Å²) in [6, 6.07) is 12.8. The van der Waals surface area contributed by atoms with Gasteiger partial charge < -0.3 is 5.32 Å². The van der Waals surface area contributed by atoms with Gasteiger partial charge in [0.15, 0.2) is 0 Å². The number of fused-ring (bicyclic) bond motifs is 1. The molecule has 0 fully saturated rings. The quantitative estimate of drug-likeness (QED) is 0.680. The second-order valence-electron chi connectivity index (χ2n) is 8.15. The van der Waals surface area contributed by atoms with Crippen LogP contribution < -0.4 is 16.6 Å². The van der Waals surface area contributed by atoms with Crippen molar-refractivity contribution < 1.29 is 4.79 Å². The maximum Gasteiger partial charge on any atom is 0.336 e. The fraction of sp³-hybridized carbons (Fsp3) is 0.375. The Morgan fingerprint density at radius 2 is 1.70 bits per heavy atom. The molecule has 0 radical (unpaired) electrons. The molecule has 6 heteroatoms. The summed E-state index contributed by atoms with van der Waals surface area (Å²) in [5, 5.41) is 3.30. The first-order valence-electron chi connectivity index (χ1n) is 10.4. The normalized spacial score (nSPS) is 12.3. The highest BCUT2D eigenvalue weighted by atomic mass is 16.2. The van der Waals surface area contributed by atoms with Gasteiger partial charge >= 0.3 is 5.69 Å². The van der Waals surface area contributed by atoms with Gasteiger partial charge in [0, 0.05) is 6.04 Å². The van der Waals surface area contributed by atoms with Gasteiger partial charge in [-0.15, -0.1) is 0 Å². The first-order valence-corrected chi connectivity index (χ1v) is 10.4. The average molecular weight is 408 g/mol. The van der Waals surface area contributed by atoms with Crippen LogP contribution >= 0.6 is 0 Å². The molecule has 1 N–H and O–H groups in total. The topological polar surface area (TPSA) is 73.1 Å². The van der Waals surface area contributed by atoms with Crippen LogP contribution in [0.15, 0.2) is 52.1 Å². The highest BCUT2D eigenvalue weighted by molar-refractivity contribution is 5.82. The minimum atomic E-state index is -0.520. The van der Waals surface area contributed by atoms with Gasteiger partial charge in [-0.1, -0.05) is 44.5 Å². The van der Waals surface area contributed by atoms with E-state index >= 15 is 0 Å². The Morgan fingerprint density at radius 1 is 1.03 bits per heavy atom. The molecular weight excluding hydrogens is 378 g/mol. The number of carbonyl (C=O) groups is 1. The molecule has 158 valence electrons. The smallest absolute Gasteiger partial charge is 0.336 e. The van der Waals surface area contributed by atoms with Crippen LogP contribution in [-0.2, 0) is 11.3 Å². The van der Waals surface area contributed by atoms with E-state index in [9.17, 15) is 14.4 Å². The van der Waals surface area contributed by atoms with Crippen LogP contribution in [0.5, 0.6) is 0 Å². The van der Waals surface area contributed by atoms with Crippen LogP contribution in [0.25, 0.3) is 16.6 Å². The average Bonchev–Trinajstić information content (AvgIpc) is 2.71. The Balaban J connectivity index is 2.21. The minimum Gasteiger partial charge on any atom is -0.352 e. The lowest BCUT2D eigenvalue weighted by atomic mass is 10.0. The molecule has 0 unspecified atom stereocenters. The number of amides is 1. The van der Waals surface area contributed by atoms with Gasteiger partial charge in [-0.25, -0.2) is 9.36 Å². The Hall–Kier alpha value is -3.15. The molecule has 3 rings (SSSR count). The third kappa shape index (κ3) is 4.22. The van der Waals surface area contributed by atoms with Crippen LogP contribution in [0.1, 0.15) is 51.2 Å². The van der Waals surface area contributed by atoms with E-state index in [-0.39, 0.29) is 24.1 Å². The predicted molar refractivity (Wildman–Crippen MR) is 121 cm³/mol. The van der Waals surface area contributed by atoms with Gasteiger partial charge in [-0.2, -0.15) is 0 Å². The Morgan fingerprint density at radius 3 is 2.30 bits per heavy atom. The maximum absolute atomic E-state index is 13.3. The summed E-state index contributed by atoms with van der Waals surface area (Å²) < 4.78 is 2.53. The van der Waals surface area contributed by atoms with Crippen LogP contribution in [0.2, 0.25) is 0 Å². The van der Waals surface area contributed by atoms with Crippen molar-refractivity contribution in [1.82, 2.24) is 14.5 Å². The van der Waals surface area contributed by atoms with Crippen LogP contribution in [0, 0.1) is 6.92 Å². The monoisotopic (exact) mass is 407 g/mol. The van der Waals surface area contributed by atoms with Crippen molar-refractivity contribution in [3.63, 3.8) is 0 Å². The van der Waals surface area contributed by atoms with Gasteiger partial charge in [0.2, 0.25) is 5.91 Å². The largest absolute Gasteiger partial charge is 0.352 e. The molecule has 30 heavy (non-hydrogen) atoms. The standard InChI is InChI=1S/C24H29N3O3/c1-6-17(5)25-22(28)14-26-21-12-7-16(4)13-20(21)23(29)27(24(26)30)19-10-8-18(9-11-19)15(2)3/h7-13,15,17H,6,14H2,1-5H3,(H,25,28)/t17-/m0/s1. The van der Waals surface area contributed by atoms with Crippen molar-refractivity contribution in [2.24, 2.45) is 0 Å². The van der Waals surface area contributed by atoms with E-state index in [2.05, 4.69) is 19.2 Å². The number of nitrogens with one attached hydrogen (secondary N) is 1. The van der Waals surface area contributed by atoms with Crippen molar-refractivity contribution in [2.75, 3.05) is 0 Å². The van der Waals surface area contributed by atoms with Gasteiger partial charge in [-0.05, 0) is 56.0 Å². The van der Waals surface area contributed by atoms with Crippen LogP contribution in [-0.4, -0.2) is 21.1 Å². The fourth-order valence-corrected chi connectivity index (χ4v) is 3.44. The summed E-state index contributed by atoms with van der Waals surface area (Å²) in [7, 11) is 0. The highest BCUT2D eigenvalue weighted by Crippen LogP contribution is 2.17. The lowest BCUT2D eigenvalue weighted by Crippen LogP contribution is -2.43. The lowest BCUT2D eigenvalue weighted by molar-refractivity contribution is -0.122. The number of aryl methyl sites for hydroxylation is 1. The SMILES string of the molecule is CC[C@H](C)NC(=O)Cn1c(=O)n(-c2ccc(C(C)C)cc2)c(=O)c2cc(C)ccc21. The van der Waals surface area contributed by atoms with Crippen molar-refractivity contribution >= 4 is 16.8 Å². The second-order valence-corrected chi connectivity index (χ2v) is 8.15. The summed E-state index contributed by atoms with van der Waals surface area (Å²) >= 11 is 0. The van der Waals surface area contributed by atoms with E-state index in [1.807, 2.05) is 39.0 Å². The first kappa shape index (κ1) is 21.6. The van der Waals surface area contributed by atoms with Gasteiger partial charge in [0.25, 0.3) is 5.56 Å². The zero-order chi connectivity index (χ0) is 22.0. The lowest BCUT2D eigenvalue weighted by Gasteiger charge is -2.16. The number of hydrogen-bond acceptors (Lipinski definition) is 3. The summed E-state index contributed by atoms with van der Waals surface area (Å²) in [4.78, 5) is 39.1. The van der Waals surface area contributed by atoms with E-state index in [1.54, 1.807) is 24.3 Å². The molecular formula is C24H29N3O3. The molecule has 1 heterocycles. The molecule has 0 spiro atoms. The molecule has 0 aliphatic rings. The highest BCUT2D eigenvalue weighted by Gasteiger charge is 2.17. The number of hydrogen-bond donors (Lipinski definition) is 1. The number of carbonyl (C=O) groups excluding carboxylic acids is 1. The van der Waals surface area contributed by atoms with Gasteiger partial charge in [0.1, 0.15) is 6.54 Å². The van der Waals surface area contributed by atoms with Crippen molar-refractivity contribution in [1.29, 1.82) is 0 Å². The number of aromatic nitrogens is 2. The van der Waals surface area contributed by atoms with E-state index in [1.165, 1.54) is 4.57 Å². The summed E-state index contributed by atoms with van der Waals surface area (Å²) in [5.74, 6) is 0.0876. The fourth-order valence-electron chi connectivity index (χ4n) is 3.44. The molecule has 1 aromatic heterocycles. The molecule has 0 bridgehead atoms. The first-order chi connectivity index (χ1) is 14.2. The van der Waals surface area contributed by atoms with E-state index in [4.69, 9.17) is 0 Å². The van der Waals surface area contributed by atoms with E-state index in [0.29, 0.717) is 22.5 Å². The molecule has 3 aromatic rings. The number of benzene rings is 2. The Kier molecular flexibility index (Phi) is 6.25. The molecule has 6 nitrogen and oxygen atoms in total. The third-order valence-electron chi connectivity index (χ3n) is 5.44. The van der Waals surface area contributed by atoms with E-state index < -0.39 is 5.69 Å². The van der Waals surface area contributed by atoms with E-state index in [0.717, 1.165) is 22.1 Å². The molecule has 0 saturated carbocycles. The van der Waals surface area contributed by atoms with Crippen molar-refractivity contribution in [2.45, 2.75) is 59.5 Å². The summed E-state index contributed by atoms with van der Waals surface area (Å²) in [6.45, 7) is 9.82. The van der Waals surface area contributed by atoms with Crippen LogP contribution in [0.3, 0.4) is 0 Å². The molecule has 1 atom stereocenters. The minimum absolute atomic E-state index is 0.0104. The Labute approximate surface area is 176 Å². The summed E-state index contributed by atoms with van der Waals surface area (Å²) in [5.41, 5.74) is 2.09. The van der Waals surface area contributed by atoms with Crippen molar-refractivity contribution in [3.8, 4) is 5.69 Å². The van der Waals surface area contributed by atoms with Gasteiger partial charge in [0.05, 0.1) is 16.6 Å². The predicted octanol–water partition coefficient (Wildman–Crippen LogP) is 3.50. The van der Waals surface area contributed by atoms with Gasteiger partial charge in [-0.3, -0.25) is 14.2 Å². The molecule has 1 amide bonds. The van der Waals surface area contributed by atoms with Crippen molar-refractivity contribution in [3.05, 3.63) is 74.4 Å². The van der Waals surface area contributed by atoms with Crippen LogP contribution in [0.4, 0.5) is 0 Å². The Bertz CT molecular complexity index is 1190.